The number of aromatic amines is 1. The Balaban J connectivity index is 3.30. The highest BCUT2D eigenvalue weighted by atomic mass is 32.1. The van der Waals surface area contributed by atoms with Gasteiger partial charge in [-0.3, -0.25) is 4.98 Å². The van der Waals surface area contributed by atoms with E-state index in [-0.39, 0.29) is 10.7 Å². The summed E-state index contributed by atoms with van der Waals surface area (Å²) < 4.78 is 0. The minimum atomic E-state index is -1.23. The minimum Gasteiger partial charge on any atom is -0.477 e. The maximum atomic E-state index is 10.5. The number of aromatic carboxylic acids is 1. The average molecular weight is 171 g/mol. The van der Waals surface area contributed by atoms with Gasteiger partial charge in [0.05, 0.1) is 0 Å². The summed E-state index contributed by atoms with van der Waals surface area (Å²) in [7, 11) is 0. The van der Waals surface area contributed by atoms with Crippen molar-refractivity contribution < 1.29 is 9.90 Å². The van der Waals surface area contributed by atoms with E-state index >= 15 is 0 Å². The van der Waals surface area contributed by atoms with E-state index in [2.05, 4.69) is 17.6 Å². The molecule has 1 heterocycles. The Kier molecular flexibility index (Phi) is 1.86. The number of carboxylic acids is 1. The van der Waals surface area contributed by atoms with E-state index in [1.54, 1.807) is 0 Å². The largest absolute Gasteiger partial charge is 0.477 e. The van der Waals surface area contributed by atoms with Gasteiger partial charge in [-0.05, 0) is 0 Å². The lowest BCUT2D eigenvalue weighted by atomic mass is 10.4. The first-order valence-corrected chi connectivity index (χ1v) is 3.02. The van der Waals surface area contributed by atoms with Gasteiger partial charge in [0.25, 0.3) is 0 Å². The first-order chi connectivity index (χ1) is 5.09. The first-order valence-electron chi connectivity index (χ1n) is 2.61. The Morgan fingerprint density at radius 2 is 2.36 bits per heavy atom. The molecule has 5 nitrogen and oxygen atoms in total. The molecule has 1 rings (SSSR count). The third kappa shape index (κ3) is 1.74. The highest BCUT2D eigenvalue weighted by Gasteiger charge is 2.04. The Labute approximate surface area is 66.5 Å². The Morgan fingerprint density at radius 3 is 2.82 bits per heavy atom. The number of hydrogen-bond acceptors (Lipinski definition) is 3. The van der Waals surface area contributed by atoms with Crippen LogP contribution in [-0.2, 0) is 0 Å². The number of hydrogen-bond donors (Lipinski definition) is 2. The van der Waals surface area contributed by atoms with Gasteiger partial charge in [-0.2, -0.15) is 4.98 Å². The minimum absolute atomic E-state index is 0.0221. The predicted molar refractivity (Wildman–Crippen MR) is 37.7 cm³/mol. The number of nitrogens with zero attached hydrogens (tertiary/aromatic N) is 1. The predicted octanol–water partition coefficient (Wildman–Crippen LogP) is 0.0245. The maximum Gasteiger partial charge on any atom is 0.352 e. The highest BCUT2D eigenvalue weighted by Crippen LogP contribution is 1.98. The fourth-order valence-electron chi connectivity index (χ4n) is 0.550. The summed E-state index contributed by atoms with van der Waals surface area (Å²) >= 11 is 4.51. The zero-order valence-electron chi connectivity index (χ0n) is 5.20. The Bertz CT molecular complexity index is 346. The van der Waals surface area contributed by atoms with Crippen molar-refractivity contribution in [2.45, 2.75) is 5.03 Å². The monoisotopic (exact) mass is 171 g/mol. The van der Waals surface area contributed by atoms with Crippen LogP contribution in [0.15, 0.2) is 15.9 Å². The van der Waals surface area contributed by atoms with Crippen molar-refractivity contribution in [2.75, 3.05) is 0 Å². The number of nitrogens with one attached hydrogen (secondary N) is 1. The summed E-state index contributed by atoms with van der Waals surface area (Å²) in [5.74, 6) is -1.23. The molecule has 2 N–H and O–H groups in total. The SMILES string of the molecule is O=C(O)c1cc([S])nc(=O)[nH]1. The number of rotatable bonds is 1. The van der Waals surface area contributed by atoms with Crippen molar-refractivity contribution in [3.05, 3.63) is 22.2 Å². The van der Waals surface area contributed by atoms with Crippen LogP contribution < -0.4 is 5.69 Å². The van der Waals surface area contributed by atoms with Crippen LogP contribution in [0.3, 0.4) is 0 Å². The van der Waals surface area contributed by atoms with E-state index < -0.39 is 11.7 Å². The topological polar surface area (TPSA) is 83.0 Å². The molecule has 0 fully saturated rings. The molecule has 0 amide bonds. The molecule has 1 aromatic heterocycles. The second-order valence-electron chi connectivity index (χ2n) is 1.74. The molecule has 0 aromatic carbocycles. The van der Waals surface area contributed by atoms with Gasteiger partial charge in [0, 0.05) is 6.07 Å². The number of aromatic nitrogens is 2. The van der Waals surface area contributed by atoms with E-state index in [0.717, 1.165) is 6.07 Å². The Morgan fingerprint density at radius 1 is 1.73 bits per heavy atom. The van der Waals surface area contributed by atoms with E-state index in [0.29, 0.717) is 0 Å². The van der Waals surface area contributed by atoms with Gasteiger partial charge in [-0.25, -0.2) is 9.59 Å². The second-order valence-corrected chi connectivity index (χ2v) is 2.16. The first kappa shape index (κ1) is 7.67. The lowest BCUT2D eigenvalue weighted by Crippen LogP contribution is -2.15. The number of carboxylic acid groups (broad SMARTS) is 1. The molecular formula is C5H3N2O3S. The van der Waals surface area contributed by atoms with Crippen LogP contribution in [0.2, 0.25) is 0 Å². The molecule has 0 unspecified atom stereocenters. The van der Waals surface area contributed by atoms with Gasteiger partial charge < -0.3 is 5.11 Å². The zero-order valence-corrected chi connectivity index (χ0v) is 6.01. The summed E-state index contributed by atoms with van der Waals surface area (Å²) in [6.07, 6.45) is 0. The number of carbonyl (C=O) groups is 1. The van der Waals surface area contributed by atoms with Crippen LogP contribution in [0.5, 0.6) is 0 Å². The summed E-state index contributed by atoms with van der Waals surface area (Å²) in [6.45, 7) is 0. The summed E-state index contributed by atoms with van der Waals surface area (Å²) in [6, 6.07) is 1.11. The van der Waals surface area contributed by atoms with Gasteiger partial charge in [0.2, 0.25) is 0 Å². The van der Waals surface area contributed by atoms with Crippen LogP contribution in [0.25, 0.3) is 0 Å². The molecule has 11 heavy (non-hydrogen) atoms. The molecule has 1 aromatic rings. The van der Waals surface area contributed by atoms with Crippen LogP contribution in [0, 0.1) is 0 Å². The van der Waals surface area contributed by atoms with Crippen LogP contribution in [-0.4, -0.2) is 21.0 Å². The Hall–Kier alpha value is -1.43. The third-order valence-electron chi connectivity index (χ3n) is 0.952. The summed E-state index contributed by atoms with van der Waals surface area (Å²) in [5.41, 5.74) is -0.982. The molecule has 0 saturated heterocycles. The molecule has 0 bridgehead atoms. The van der Waals surface area contributed by atoms with E-state index in [4.69, 9.17) is 5.11 Å². The molecule has 6 heteroatoms. The van der Waals surface area contributed by atoms with Gasteiger partial charge in [0.1, 0.15) is 10.7 Å². The smallest absolute Gasteiger partial charge is 0.352 e. The van der Waals surface area contributed by atoms with Crippen LogP contribution in [0.1, 0.15) is 10.5 Å². The third-order valence-corrected chi connectivity index (χ3v) is 1.16. The second kappa shape index (κ2) is 2.67. The van der Waals surface area contributed by atoms with Crippen LogP contribution in [0.4, 0.5) is 0 Å². The molecular weight excluding hydrogens is 168 g/mol. The van der Waals surface area contributed by atoms with E-state index in [1.807, 2.05) is 4.98 Å². The lowest BCUT2D eigenvalue weighted by Gasteiger charge is -1.91. The van der Waals surface area contributed by atoms with Gasteiger partial charge in [-0.1, -0.05) is 12.6 Å². The van der Waals surface area contributed by atoms with Crippen LogP contribution >= 0.6 is 12.6 Å². The fraction of sp³-hybridized carbons (Fsp3) is 0. The molecule has 0 spiro atoms. The van der Waals surface area contributed by atoms with Crippen molar-refractivity contribution >= 4 is 18.6 Å². The van der Waals surface area contributed by atoms with Gasteiger partial charge in [0.15, 0.2) is 0 Å². The molecule has 1 radical (unpaired) electrons. The lowest BCUT2D eigenvalue weighted by molar-refractivity contribution is 0.0689. The van der Waals surface area contributed by atoms with Crippen molar-refractivity contribution in [3.63, 3.8) is 0 Å². The van der Waals surface area contributed by atoms with Crippen molar-refractivity contribution in [2.24, 2.45) is 0 Å². The van der Waals surface area contributed by atoms with E-state index in [9.17, 15) is 9.59 Å². The summed E-state index contributed by atoms with van der Waals surface area (Å²) in [4.78, 5) is 26.1. The molecule has 0 saturated carbocycles. The molecule has 57 valence electrons. The number of H-pyrrole nitrogens is 1. The van der Waals surface area contributed by atoms with Gasteiger partial charge in [-0.15, -0.1) is 0 Å². The standard InChI is InChI=1S/C5H3N2O3S/c8-4(9)2-1-3(11)7-5(10)6-2/h1H,(H,8,9)(H,6,7,10). The zero-order chi connectivity index (χ0) is 8.43. The molecule has 0 aliphatic carbocycles. The van der Waals surface area contributed by atoms with Gasteiger partial charge >= 0.3 is 11.7 Å². The maximum absolute atomic E-state index is 10.5. The highest BCUT2D eigenvalue weighted by molar-refractivity contribution is 7.80. The van der Waals surface area contributed by atoms with E-state index in [1.165, 1.54) is 0 Å². The van der Waals surface area contributed by atoms with Crippen molar-refractivity contribution in [1.29, 1.82) is 0 Å². The normalized spacial score (nSPS) is 9.45. The summed E-state index contributed by atoms with van der Waals surface area (Å²) in [5, 5.41) is 8.37. The molecule has 0 aliphatic rings. The quantitative estimate of drug-likeness (QED) is 0.583. The fourth-order valence-corrected chi connectivity index (χ4v) is 0.751. The van der Waals surface area contributed by atoms with Crippen molar-refractivity contribution in [1.82, 2.24) is 9.97 Å². The molecule has 0 atom stereocenters. The molecule has 0 aliphatic heterocycles. The average Bonchev–Trinajstić information content (AvgIpc) is 1.85. The van der Waals surface area contributed by atoms with Crippen molar-refractivity contribution in [3.8, 4) is 0 Å².